The number of hydrogen-bond acceptors (Lipinski definition) is 8. The van der Waals surface area contributed by atoms with Gasteiger partial charge in [-0.15, -0.1) is 0 Å². The minimum Gasteiger partial charge on any atom is -0.422 e. The molecule has 0 spiro atoms. The van der Waals surface area contributed by atoms with Crippen molar-refractivity contribution >= 4 is 45.4 Å². The van der Waals surface area contributed by atoms with Crippen molar-refractivity contribution in [1.82, 2.24) is 0 Å². The lowest BCUT2D eigenvalue weighted by molar-refractivity contribution is -0.132. The Labute approximate surface area is 279 Å². The molecule has 4 aromatic rings. The van der Waals surface area contributed by atoms with Gasteiger partial charge in [-0.05, 0) is 92.8 Å². The van der Waals surface area contributed by atoms with E-state index in [2.05, 4.69) is 33.2 Å². The van der Waals surface area contributed by atoms with Gasteiger partial charge in [0.15, 0.2) is 11.5 Å². The Morgan fingerprint density at radius 1 is 0.542 bits per heavy atom. The second kappa shape index (κ2) is 14.8. The van der Waals surface area contributed by atoms with E-state index in [4.69, 9.17) is 18.9 Å². The molecule has 4 aromatic carbocycles. The first kappa shape index (κ1) is 35.1. The topological polar surface area (TPSA) is 105 Å². The average molecular weight is 647 g/mol. The van der Waals surface area contributed by atoms with Crippen LogP contribution in [0.25, 0.3) is 32.7 Å². The summed E-state index contributed by atoms with van der Waals surface area (Å²) < 4.78 is 22.8. The van der Waals surface area contributed by atoms with Crippen molar-refractivity contribution in [2.24, 2.45) is 0 Å². The van der Waals surface area contributed by atoms with Crippen LogP contribution in [0.2, 0.25) is 0 Å². The molecule has 4 rings (SSSR count). The van der Waals surface area contributed by atoms with Crippen LogP contribution in [0.4, 0.5) is 0 Å². The maximum atomic E-state index is 13.0. The van der Waals surface area contributed by atoms with Crippen LogP contribution in [0.15, 0.2) is 103 Å². The SMILES string of the molecule is C=C(C)C(=O)Oc1ccc(-c2ccc3c(ccc4c(OC(=O)C(=C)C)c(CCCC)ccc43)c2OC(=O)C(=C)C)cc1OC(=O)C(=C)C. The number of carbonyl (C=O) groups excluding carboxylic acids is 4. The molecule has 0 N–H and O–H groups in total. The van der Waals surface area contributed by atoms with E-state index in [0.29, 0.717) is 27.6 Å². The van der Waals surface area contributed by atoms with Crippen molar-refractivity contribution in [2.45, 2.75) is 53.9 Å². The third-order valence-corrected chi connectivity index (χ3v) is 7.42. The van der Waals surface area contributed by atoms with E-state index < -0.39 is 23.9 Å². The summed E-state index contributed by atoms with van der Waals surface area (Å²) in [6.07, 6.45) is 2.60. The summed E-state index contributed by atoms with van der Waals surface area (Å²) in [6.45, 7) is 22.9. The number of unbranched alkanes of at least 4 members (excludes halogenated alkanes) is 1. The van der Waals surface area contributed by atoms with E-state index in [0.717, 1.165) is 35.6 Å². The molecule has 0 saturated carbocycles. The number of benzene rings is 4. The number of fused-ring (bicyclic) bond motifs is 3. The lowest BCUT2D eigenvalue weighted by atomic mass is 9.93. The smallest absolute Gasteiger partial charge is 0.338 e. The van der Waals surface area contributed by atoms with Crippen molar-refractivity contribution in [3.05, 3.63) is 109 Å². The Bertz CT molecular complexity index is 2050. The molecule has 0 atom stereocenters. The van der Waals surface area contributed by atoms with Gasteiger partial charge in [-0.25, -0.2) is 19.2 Å². The van der Waals surface area contributed by atoms with E-state index >= 15 is 0 Å². The molecule has 8 nitrogen and oxygen atoms in total. The van der Waals surface area contributed by atoms with Crippen LogP contribution < -0.4 is 18.9 Å². The largest absolute Gasteiger partial charge is 0.422 e. The molecule has 0 heterocycles. The molecule has 0 radical (unpaired) electrons. The van der Waals surface area contributed by atoms with Gasteiger partial charge < -0.3 is 18.9 Å². The lowest BCUT2D eigenvalue weighted by Crippen LogP contribution is -2.13. The van der Waals surface area contributed by atoms with E-state index in [9.17, 15) is 19.2 Å². The van der Waals surface area contributed by atoms with Gasteiger partial charge in [0.25, 0.3) is 0 Å². The second-order valence-corrected chi connectivity index (χ2v) is 11.7. The van der Waals surface area contributed by atoms with Crippen LogP contribution in [0.1, 0.15) is 53.0 Å². The number of rotatable bonds is 12. The van der Waals surface area contributed by atoms with E-state index in [-0.39, 0.29) is 39.5 Å². The summed E-state index contributed by atoms with van der Waals surface area (Å²) in [5.74, 6) is -1.96. The summed E-state index contributed by atoms with van der Waals surface area (Å²) in [7, 11) is 0. The summed E-state index contributed by atoms with van der Waals surface area (Å²) in [5.41, 5.74) is 2.63. The summed E-state index contributed by atoms with van der Waals surface area (Å²) in [4.78, 5) is 50.5. The zero-order chi connectivity index (χ0) is 35.3. The third kappa shape index (κ3) is 7.61. The molecule has 0 aromatic heterocycles. The van der Waals surface area contributed by atoms with E-state index in [1.54, 1.807) is 32.0 Å². The van der Waals surface area contributed by atoms with E-state index in [1.165, 1.54) is 26.0 Å². The Kier molecular flexibility index (Phi) is 10.8. The Hall–Kier alpha value is -5.76. The van der Waals surface area contributed by atoms with Crippen molar-refractivity contribution < 1.29 is 38.1 Å². The van der Waals surface area contributed by atoms with Crippen LogP contribution >= 0.6 is 0 Å². The van der Waals surface area contributed by atoms with Crippen molar-refractivity contribution in [1.29, 1.82) is 0 Å². The second-order valence-electron chi connectivity index (χ2n) is 11.7. The molecule has 0 aliphatic heterocycles. The van der Waals surface area contributed by atoms with E-state index in [1.807, 2.05) is 24.3 Å². The zero-order valence-corrected chi connectivity index (χ0v) is 27.9. The Morgan fingerprint density at radius 2 is 1.00 bits per heavy atom. The first-order valence-electron chi connectivity index (χ1n) is 15.4. The molecule has 8 heteroatoms. The molecule has 0 aliphatic carbocycles. The van der Waals surface area contributed by atoms with Crippen molar-refractivity contribution in [3.8, 4) is 34.1 Å². The standard InChI is InChI=1S/C40H38O8/c1-10-11-12-26-13-15-29-30-17-16-28(27-14-20-33(45-37(41)22(2)3)34(21-27)46-38(42)23(4)5)36(48-40(44)25(8)9)32(30)19-18-31(29)35(26)47-39(43)24(6)7/h13-21H,2,4,6,8,10-12H2,1,3,5,7,9H3. The predicted octanol–water partition coefficient (Wildman–Crippen LogP) is 8.93. The molecule has 0 bridgehead atoms. The third-order valence-electron chi connectivity index (χ3n) is 7.42. The molecule has 48 heavy (non-hydrogen) atoms. The van der Waals surface area contributed by atoms with Crippen LogP contribution in [-0.4, -0.2) is 23.9 Å². The molecule has 0 unspecified atom stereocenters. The first-order chi connectivity index (χ1) is 22.7. The highest BCUT2D eigenvalue weighted by Gasteiger charge is 2.22. The number of esters is 4. The monoisotopic (exact) mass is 646 g/mol. The quantitative estimate of drug-likeness (QED) is 0.0650. The van der Waals surface area contributed by atoms with Crippen LogP contribution in [0.5, 0.6) is 23.0 Å². The number of aryl methyl sites for hydroxylation is 1. The van der Waals surface area contributed by atoms with Gasteiger partial charge in [0.05, 0.1) is 0 Å². The van der Waals surface area contributed by atoms with Gasteiger partial charge in [0.2, 0.25) is 0 Å². The lowest BCUT2D eigenvalue weighted by Gasteiger charge is -2.18. The fraction of sp³-hybridized carbons (Fsp3) is 0.200. The average Bonchev–Trinajstić information content (AvgIpc) is 3.04. The fourth-order valence-electron chi connectivity index (χ4n) is 4.81. The van der Waals surface area contributed by atoms with Crippen molar-refractivity contribution in [2.75, 3.05) is 0 Å². The normalized spacial score (nSPS) is 10.7. The maximum absolute atomic E-state index is 13.0. The van der Waals surface area contributed by atoms with Crippen LogP contribution in [-0.2, 0) is 25.6 Å². The fourth-order valence-corrected chi connectivity index (χ4v) is 4.81. The number of ether oxygens (including phenoxy) is 4. The number of hydrogen-bond donors (Lipinski definition) is 0. The minimum atomic E-state index is -0.722. The van der Waals surface area contributed by atoms with Gasteiger partial charge in [-0.3, -0.25) is 0 Å². The minimum absolute atomic E-state index is 0.00988. The van der Waals surface area contributed by atoms with Gasteiger partial charge in [-0.1, -0.05) is 63.9 Å². The van der Waals surface area contributed by atoms with Gasteiger partial charge in [0.1, 0.15) is 11.5 Å². The highest BCUT2D eigenvalue weighted by atomic mass is 16.6. The highest BCUT2D eigenvalue weighted by Crippen LogP contribution is 2.44. The summed E-state index contributed by atoms with van der Waals surface area (Å²) in [6, 6.07) is 15.8. The van der Waals surface area contributed by atoms with Crippen molar-refractivity contribution in [3.63, 3.8) is 0 Å². The maximum Gasteiger partial charge on any atom is 0.338 e. The highest BCUT2D eigenvalue weighted by molar-refractivity contribution is 6.14. The summed E-state index contributed by atoms with van der Waals surface area (Å²) in [5, 5.41) is 2.81. The van der Waals surface area contributed by atoms with Gasteiger partial charge >= 0.3 is 23.9 Å². The van der Waals surface area contributed by atoms with Gasteiger partial charge in [-0.2, -0.15) is 0 Å². The Morgan fingerprint density at radius 3 is 1.54 bits per heavy atom. The molecular weight excluding hydrogens is 608 g/mol. The molecule has 0 fully saturated rings. The van der Waals surface area contributed by atoms with Gasteiger partial charge in [0, 0.05) is 38.6 Å². The van der Waals surface area contributed by atoms with Crippen LogP contribution in [0, 0.1) is 0 Å². The molecular formula is C40H38O8. The molecule has 246 valence electrons. The summed E-state index contributed by atoms with van der Waals surface area (Å²) >= 11 is 0. The van der Waals surface area contributed by atoms with Crippen LogP contribution in [0.3, 0.4) is 0 Å². The molecule has 0 aliphatic rings. The molecule has 0 saturated heterocycles. The zero-order valence-electron chi connectivity index (χ0n) is 27.9. The number of carbonyl (C=O) groups is 4. The first-order valence-corrected chi connectivity index (χ1v) is 15.4. The Balaban J connectivity index is 1.99. The predicted molar refractivity (Wildman–Crippen MR) is 187 cm³/mol. The molecule has 0 amide bonds.